The molecule has 2 nitrogen and oxygen atoms in total. The Morgan fingerprint density at radius 1 is 1.21 bits per heavy atom. The topological polar surface area (TPSA) is 38.0 Å². The van der Waals surface area contributed by atoms with Crippen molar-refractivity contribution in [3.63, 3.8) is 0 Å². The van der Waals surface area contributed by atoms with Gasteiger partial charge in [0, 0.05) is 5.70 Å². The van der Waals surface area contributed by atoms with Gasteiger partial charge in [-0.1, -0.05) is 12.2 Å². The first-order valence-electron chi connectivity index (χ1n) is 4.82. The lowest BCUT2D eigenvalue weighted by Crippen LogP contribution is -2.29. The molecule has 1 aliphatic rings. The van der Waals surface area contributed by atoms with Crippen LogP contribution in [-0.2, 0) is 0 Å². The molecule has 0 aliphatic heterocycles. The molecule has 19 heavy (non-hydrogen) atoms. The highest BCUT2D eigenvalue weighted by atomic mass is 32.1. The summed E-state index contributed by atoms with van der Waals surface area (Å²) in [5, 5.41) is 1.66. The Bertz CT molecular complexity index is 458. The zero-order valence-electron chi connectivity index (χ0n) is 9.14. The summed E-state index contributed by atoms with van der Waals surface area (Å²) in [4.78, 5) is 0. The third-order valence-corrected chi connectivity index (χ3v) is 2.23. The van der Waals surface area contributed by atoms with Gasteiger partial charge in [-0.15, -0.1) is 0 Å². The lowest BCUT2D eigenvalue weighted by molar-refractivity contribution is -0.149. The third-order valence-electron chi connectivity index (χ3n) is 2.13. The second kappa shape index (κ2) is 5.24. The van der Waals surface area contributed by atoms with Crippen LogP contribution in [0.15, 0.2) is 35.6 Å². The van der Waals surface area contributed by atoms with E-state index in [1.54, 1.807) is 0 Å². The van der Waals surface area contributed by atoms with Crippen LogP contribution in [0.4, 0.5) is 26.3 Å². The van der Waals surface area contributed by atoms with E-state index in [-0.39, 0.29) is 0 Å². The summed E-state index contributed by atoms with van der Waals surface area (Å²) >= 11 is 4.40. The number of nitrogens with one attached hydrogen (secondary N) is 1. The van der Waals surface area contributed by atoms with E-state index in [1.807, 2.05) is 0 Å². The molecule has 1 atom stereocenters. The number of hydrogen-bond donors (Lipinski definition) is 2. The third kappa shape index (κ3) is 4.58. The van der Waals surface area contributed by atoms with Crippen LogP contribution in [-0.4, -0.2) is 17.5 Å². The van der Waals surface area contributed by atoms with Crippen molar-refractivity contribution in [3.8, 4) is 0 Å². The van der Waals surface area contributed by atoms with Crippen LogP contribution in [0, 0.1) is 5.92 Å². The Balaban J connectivity index is 3.20. The summed E-state index contributed by atoms with van der Waals surface area (Å²) in [6.07, 6.45) is -7.57. The van der Waals surface area contributed by atoms with Gasteiger partial charge in [0.2, 0.25) is 0 Å². The van der Waals surface area contributed by atoms with Gasteiger partial charge in [-0.25, -0.2) is 0 Å². The first kappa shape index (κ1) is 15.5. The molecule has 0 radical (unpaired) electrons. The van der Waals surface area contributed by atoms with Crippen molar-refractivity contribution in [2.75, 3.05) is 0 Å². The number of alkyl halides is 6. The molecule has 0 aromatic rings. The summed E-state index contributed by atoms with van der Waals surface area (Å²) < 4.78 is 75.3. The van der Waals surface area contributed by atoms with Crippen molar-refractivity contribution in [1.29, 1.82) is 0 Å². The van der Waals surface area contributed by atoms with Gasteiger partial charge < -0.3 is 11.1 Å². The lowest BCUT2D eigenvalue weighted by Gasteiger charge is -2.13. The Morgan fingerprint density at radius 2 is 1.79 bits per heavy atom. The second-order valence-electron chi connectivity index (χ2n) is 3.64. The van der Waals surface area contributed by atoms with Gasteiger partial charge in [0.05, 0.1) is 11.5 Å². The summed E-state index contributed by atoms with van der Waals surface area (Å²) in [5.74, 6) is -2.15. The number of rotatable bonds is 1. The predicted octanol–water partition coefficient (Wildman–Crippen LogP) is 2.94. The molecule has 0 bridgehead atoms. The second-order valence-corrected chi connectivity index (χ2v) is 4.08. The molecule has 1 unspecified atom stereocenters. The van der Waals surface area contributed by atoms with E-state index in [9.17, 15) is 26.3 Å². The summed E-state index contributed by atoms with van der Waals surface area (Å²) in [6, 6.07) is 0. The van der Waals surface area contributed by atoms with Crippen LogP contribution in [0.2, 0.25) is 0 Å². The maximum Gasteiger partial charge on any atom is 0.416 e. The van der Waals surface area contributed by atoms with Gasteiger partial charge in [0.1, 0.15) is 0 Å². The molecule has 1 aliphatic carbocycles. The Morgan fingerprint density at radius 3 is 2.21 bits per heavy atom. The van der Waals surface area contributed by atoms with Crippen LogP contribution in [0.25, 0.3) is 0 Å². The fraction of sp³-hybridized carbons (Fsp3) is 0.300. The highest BCUT2D eigenvalue weighted by Gasteiger charge is 2.39. The largest absolute Gasteiger partial charge is 0.416 e. The van der Waals surface area contributed by atoms with Gasteiger partial charge in [0.25, 0.3) is 0 Å². The lowest BCUT2D eigenvalue weighted by atomic mass is 10.1. The fourth-order valence-electron chi connectivity index (χ4n) is 1.32. The molecular formula is C10H8F6N2S. The summed E-state index contributed by atoms with van der Waals surface area (Å²) in [5.41, 5.74) is 3.37. The molecule has 1 rings (SSSR count). The zero-order valence-corrected chi connectivity index (χ0v) is 9.96. The average Bonchev–Trinajstić information content (AvgIpc) is 2.37. The standard InChI is InChI=1S/C10H8F6N2S/c11-9(12,13)5-1-2-6(10(14,15)16)4-7(3-5)18-8(17)19/h1-5H,(H3,17,18,19). The number of hydrogen-bond acceptors (Lipinski definition) is 1. The predicted molar refractivity (Wildman–Crippen MR) is 60.8 cm³/mol. The zero-order chi connectivity index (χ0) is 14.8. The van der Waals surface area contributed by atoms with E-state index >= 15 is 0 Å². The summed E-state index contributed by atoms with van der Waals surface area (Å²) in [7, 11) is 0. The minimum Gasteiger partial charge on any atom is -0.376 e. The fourth-order valence-corrected chi connectivity index (χ4v) is 1.44. The van der Waals surface area contributed by atoms with Gasteiger partial charge >= 0.3 is 12.4 Å². The van der Waals surface area contributed by atoms with E-state index in [0.29, 0.717) is 24.3 Å². The molecule has 9 heteroatoms. The highest BCUT2D eigenvalue weighted by Crippen LogP contribution is 2.34. The molecule has 0 amide bonds. The Hall–Kier alpha value is -1.51. The molecule has 0 aromatic heterocycles. The monoisotopic (exact) mass is 302 g/mol. The molecular weight excluding hydrogens is 294 g/mol. The van der Waals surface area contributed by atoms with E-state index in [4.69, 9.17) is 5.73 Å². The average molecular weight is 302 g/mol. The summed E-state index contributed by atoms with van der Waals surface area (Å²) in [6.45, 7) is 0. The number of halogens is 6. The van der Waals surface area contributed by atoms with Crippen LogP contribution < -0.4 is 11.1 Å². The van der Waals surface area contributed by atoms with Gasteiger partial charge in [-0.2, -0.15) is 26.3 Å². The van der Waals surface area contributed by atoms with Gasteiger partial charge in [-0.3, -0.25) is 0 Å². The van der Waals surface area contributed by atoms with Gasteiger partial charge in [-0.05, 0) is 24.4 Å². The van der Waals surface area contributed by atoms with Gasteiger partial charge in [0.15, 0.2) is 5.11 Å². The minimum absolute atomic E-state index is 0.378. The number of allylic oxidation sites excluding steroid dienone is 5. The molecule has 0 fully saturated rings. The van der Waals surface area contributed by atoms with Crippen molar-refractivity contribution in [1.82, 2.24) is 5.32 Å². The SMILES string of the molecule is NC(=S)NC1=CC(C(F)(F)F)C=CC(C(F)(F)F)=C1. The first-order chi connectivity index (χ1) is 8.50. The van der Waals surface area contributed by atoms with Crippen molar-refractivity contribution in [2.45, 2.75) is 12.4 Å². The molecule has 0 spiro atoms. The van der Waals surface area contributed by atoms with Crippen LogP contribution >= 0.6 is 12.2 Å². The van der Waals surface area contributed by atoms with E-state index in [2.05, 4.69) is 17.5 Å². The molecule has 0 saturated carbocycles. The van der Waals surface area contributed by atoms with Crippen molar-refractivity contribution in [3.05, 3.63) is 35.6 Å². The molecule has 0 saturated heterocycles. The van der Waals surface area contributed by atoms with Crippen molar-refractivity contribution < 1.29 is 26.3 Å². The maximum atomic E-state index is 12.6. The van der Waals surface area contributed by atoms with E-state index in [0.717, 1.165) is 0 Å². The quantitative estimate of drug-likeness (QED) is 0.578. The highest BCUT2D eigenvalue weighted by molar-refractivity contribution is 7.80. The Labute approximate surface area is 109 Å². The van der Waals surface area contributed by atoms with E-state index < -0.39 is 34.7 Å². The van der Waals surface area contributed by atoms with Crippen LogP contribution in [0.5, 0.6) is 0 Å². The molecule has 106 valence electrons. The van der Waals surface area contributed by atoms with Crippen molar-refractivity contribution in [2.24, 2.45) is 11.7 Å². The number of nitrogens with two attached hydrogens (primary N) is 1. The molecule has 0 aromatic carbocycles. The van der Waals surface area contributed by atoms with E-state index in [1.165, 1.54) is 0 Å². The van der Waals surface area contributed by atoms with Crippen LogP contribution in [0.1, 0.15) is 0 Å². The number of thiocarbonyl (C=S) groups is 1. The minimum atomic E-state index is -4.77. The smallest absolute Gasteiger partial charge is 0.376 e. The van der Waals surface area contributed by atoms with Crippen molar-refractivity contribution >= 4 is 17.3 Å². The molecule has 0 heterocycles. The normalized spacial score (nSPS) is 20.4. The Kier molecular flexibility index (Phi) is 4.28. The van der Waals surface area contributed by atoms with Crippen LogP contribution in [0.3, 0.4) is 0 Å². The first-order valence-corrected chi connectivity index (χ1v) is 5.23. The maximum absolute atomic E-state index is 12.6. The molecule has 3 N–H and O–H groups in total.